The molecule has 1 rings (SSSR count). The number of nitrogens with two attached hydrogens (primary N) is 1. The number of hydrogen-bond acceptors (Lipinski definition) is 2. The molecule has 1 saturated heterocycles. The van der Waals surface area contributed by atoms with Crippen LogP contribution in [0.25, 0.3) is 0 Å². The first-order valence-corrected chi connectivity index (χ1v) is 6.64. The van der Waals surface area contributed by atoms with E-state index in [0.29, 0.717) is 11.8 Å². The van der Waals surface area contributed by atoms with Gasteiger partial charge in [-0.05, 0) is 38.5 Å². The normalized spacial score (nSPS) is 23.6. The Bertz CT molecular complexity index is 224. The van der Waals surface area contributed by atoms with Crippen molar-refractivity contribution in [3.63, 3.8) is 0 Å². The van der Waals surface area contributed by atoms with E-state index in [9.17, 15) is 4.79 Å². The molecule has 0 aromatic heterocycles. The average molecular weight is 226 g/mol. The Kier molecular flexibility index (Phi) is 5.26. The van der Waals surface area contributed by atoms with Crippen LogP contribution in [-0.2, 0) is 4.79 Å². The molecule has 2 atom stereocenters. The molecule has 1 heterocycles. The van der Waals surface area contributed by atoms with Gasteiger partial charge < -0.3 is 10.6 Å². The topological polar surface area (TPSA) is 46.3 Å². The molecule has 3 heteroatoms. The van der Waals surface area contributed by atoms with Crippen LogP contribution in [0.3, 0.4) is 0 Å². The van der Waals surface area contributed by atoms with E-state index in [4.69, 9.17) is 5.73 Å². The van der Waals surface area contributed by atoms with Crippen molar-refractivity contribution in [1.82, 2.24) is 4.90 Å². The zero-order valence-corrected chi connectivity index (χ0v) is 10.9. The second-order valence-electron chi connectivity index (χ2n) is 5.06. The minimum absolute atomic E-state index is 0.206. The van der Waals surface area contributed by atoms with Crippen LogP contribution < -0.4 is 5.73 Å². The minimum Gasteiger partial charge on any atom is -0.342 e. The van der Waals surface area contributed by atoms with Crippen molar-refractivity contribution < 1.29 is 4.79 Å². The van der Waals surface area contributed by atoms with Gasteiger partial charge in [-0.2, -0.15) is 0 Å². The maximum atomic E-state index is 12.2. The standard InChI is InChI=1S/C13H26N2O/c1-4-11(5-2)13(16)15-8-6-7-12(9-15)10(3)14/h10-12H,4-9,14H2,1-3H3. The molecule has 0 spiro atoms. The molecule has 0 aromatic carbocycles. The van der Waals surface area contributed by atoms with Gasteiger partial charge in [0.05, 0.1) is 0 Å². The van der Waals surface area contributed by atoms with E-state index in [2.05, 4.69) is 20.8 Å². The lowest BCUT2D eigenvalue weighted by molar-refractivity contribution is -0.137. The van der Waals surface area contributed by atoms with Gasteiger partial charge in [0.25, 0.3) is 0 Å². The molecule has 16 heavy (non-hydrogen) atoms. The Hall–Kier alpha value is -0.570. The fourth-order valence-corrected chi connectivity index (χ4v) is 2.54. The Labute approximate surface area is 99.4 Å². The third-order valence-electron chi connectivity index (χ3n) is 3.85. The molecule has 0 bridgehead atoms. The molecular formula is C13H26N2O. The lowest BCUT2D eigenvalue weighted by Crippen LogP contribution is -2.46. The third kappa shape index (κ3) is 3.21. The Morgan fingerprint density at radius 3 is 2.56 bits per heavy atom. The van der Waals surface area contributed by atoms with Gasteiger partial charge >= 0.3 is 0 Å². The highest BCUT2D eigenvalue weighted by Gasteiger charge is 2.28. The molecule has 1 amide bonds. The van der Waals surface area contributed by atoms with Crippen LogP contribution in [0.4, 0.5) is 0 Å². The van der Waals surface area contributed by atoms with Gasteiger partial charge in [0, 0.05) is 25.0 Å². The summed E-state index contributed by atoms with van der Waals surface area (Å²) in [4.78, 5) is 14.3. The van der Waals surface area contributed by atoms with Crippen LogP contribution >= 0.6 is 0 Å². The van der Waals surface area contributed by atoms with Crippen molar-refractivity contribution >= 4 is 5.91 Å². The van der Waals surface area contributed by atoms with Crippen molar-refractivity contribution in [2.24, 2.45) is 17.6 Å². The summed E-state index contributed by atoms with van der Waals surface area (Å²) in [6, 6.07) is 0.206. The van der Waals surface area contributed by atoms with Gasteiger partial charge in [-0.15, -0.1) is 0 Å². The number of likely N-dealkylation sites (tertiary alicyclic amines) is 1. The molecule has 1 aliphatic rings. The van der Waals surface area contributed by atoms with Crippen molar-refractivity contribution in [3.8, 4) is 0 Å². The highest BCUT2D eigenvalue weighted by Crippen LogP contribution is 2.22. The molecule has 1 aliphatic heterocycles. The number of amides is 1. The summed E-state index contributed by atoms with van der Waals surface area (Å²) in [5.41, 5.74) is 5.93. The zero-order chi connectivity index (χ0) is 12.1. The summed E-state index contributed by atoms with van der Waals surface area (Å²) in [5, 5.41) is 0. The monoisotopic (exact) mass is 226 g/mol. The number of rotatable bonds is 4. The zero-order valence-electron chi connectivity index (χ0n) is 10.9. The average Bonchev–Trinajstić information content (AvgIpc) is 2.30. The third-order valence-corrected chi connectivity index (χ3v) is 3.85. The summed E-state index contributed by atoms with van der Waals surface area (Å²) in [7, 11) is 0. The molecule has 0 aliphatic carbocycles. The number of carbonyl (C=O) groups excluding carboxylic acids is 1. The fraction of sp³-hybridized carbons (Fsp3) is 0.923. The van der Waals surface area contributed by atoms with Gasteiger partial charge in [-0.3, -0.25) is 4.79 Å². The van der Waals surface area contributed by atoms with Gasteiger partial charge in [0.1, 0.15) is 0 Å². The molecule has 0 radical (unpaired) electrons. The van der Waals surface area contributed by atoms with E-state index in [-0.39, 0.29) is 12.0 Å². The summed E-state index contributed by atoms with van der Waals surface area (Å²) in [5.74, 6) is 1.05. The van der Waals surface area contributed by atoms with Gasteiger partial charge in [0.2, 0.25) is 5.91 Å². The predicted octanol–water partition coefficient (Wildman–Crippen LogP) is 2.01. The predicted molar refractivity (Wildman–Crippen MR) is 67.0 cm³/mol. The summed E-state index contributed by atoms with van der Waals surface area (Å²) in [6.45, 7) is 8.04. The maximum absolute atomic E-state index is 12.2. The van der Waals surface area contributed by atoms with E-state index in [1.165, 1.54) is 6.42 Å². The maximum Gasteiger partial charge on any atom is 0.225 e. The lowest BCUT2D eigenvalue weighted by Gasteiger charge is -2.36. The molecule has 0 aromatic rings. The minimum atomic E-state index is 0.206. The first-order chi connectivity index (χ1) is 7.60. The quantitative estimate of drug-likeness (QED) is 0.797. The smallest absolute Gasteiger partial charge is 0.225 e. The summed E-state index contributed by atoms with van der Waals surface area (Å²) >= 11 is 0. The number of piperidine rings is 1. The second-order valence-corrected chi connectivity index (χ2v) is 5.06. The van der Waals surface area contributed by atoms with Gasteiger partial charge in [-0.1, -0.05) is 13.8 Å². The first kappa shape index (κ1) is 13.5. The van der Waals surface area contributed by atoms with E-state index in [1.54, 1.807) is 0 Å². The Balaban J connectivity index is 2.56. The second kappa shape index (κ2) is 6.24. The van der Waals surface area contributed by atoms with E-state index in [0.717, 1.165) is 32.4 Å². The molecular weight excluding hydrogens is 200 g/mol. The van der Waals surface area contributed by atoms with Crippen LogP contribution in [0.2, 0.25) is 0 Å². The van der Waals surface area contributed by atoms with Crippen molar-refractivity contribution in [3.05, 3.63) is 0 Å². The number of nitrogens with zero attached hydrogens (tertiary/aromatic N) is 1. The van der Waals surface area contributed by atoms with Crippen molar-refractivity contribution in [1.29, 1.82) is 0 Å². The van der Waals surface area contributed by atoms with Crippen LogP contribution in [0.5, 0.6) is 0 Å². The van der Waals surface area contributed by atoms with E-state index in [1.807, 2.05) is 4.90 Å². The number of carbonyl (C=O) groups is 1. The Morgan fingerprint density at radius 2 is 2.06 bits per heavy atom. The SMILES string of the molecule is CCC(CC)C(=O)N1CCCC(C(C)N)C1. The van der Waals surface area contributed by atoms with Crippen molar-refractivity contribution in [2.45, 2.75) is 52.5 Å². The van der Waals surface area contributed by atoms with Crippen LogP contribution in [0.15, 0.2) is 0 Å². The molecule has 0 saturated carbocycles. The van der Waals surface area contributed by atoms with Gasteiger partial charge in [-0.25, -0.2) is 0 Å². The fourth-order valence-electron chi connectivity index (χ4n) is 2.54. The molecule has 1 fully saturated rings. The van der Waals surface area contributed by atoms with Crippen LogP contribution in [0.1, 0.15) is 46.5 Å². The van der Waals surface area contributed by atoms with Gasteiger partial charge in [0.15, 0.2) is 0 Å². The molecule has 94 valence electrons. The Morgan fingerprint density at radius 1 is 1.44 bits per heavy atom. The highest BCUT2D eigenvalue weighted by molar-refractivity contribution is 5.78. The summed E-state index contributed by atoms with van der Waals surface area (Å²) < 4.78 is 0. The first-order valence-electron chi connectivity index (χ1n) is 6.64. The van der Waals surface area contributed by atoms with Crippen LogP contribution in [0, 0.1) is 11.8 Å². The molecule has 2 unspecified atom stereocenters. The number of hydrogen-bond donors (Lipinski definition) is 1. The van der Waals surface area contributed by atoms with E-state index < -0.39 is 0 Å². The molecule has 2 N–H and O–H groups in total. The van der Waals surface area contributed by atoms with Crippen LogP contribution in [-0.4, -0.2) is 29.9 Å². The lowest BCUT2D eigenvalue weighted by atomic mass is 9.91. The largest absolute Gasteiger partial charge is 0.342 e. The molecule has 3 nitrogen and oxygen atoms in total. The van der Waals surface area contributed by atoms with E-state index >= 15 is 0 Å². The highest BCUT2D eigenvalue weighted by atomic mass is 16.2. The summed E-state index contributed by atoms with van der Waals surface area (Å²) in [6.07, 6.45) is 4.19. The van der Waals surface area contributed by atoms with Crippen molar-refractivity contribution in [2.75, 3.05) is 13.1 Å².